The summed E-state index contributed by atoms with van der Waals surface area (Å²) in [5, 5.41) is 14.0. The van der Waals surface area contributed by atoms with Gasteiger partial charge in [-0.25, -0.2) is 0 Å². The SMILES string of the molecule is Cc1cnc(CNC(C)CC(N)=O)c(C)c1[N+](=O)[O-]. The summed E-state index contributed by atoms with van der Waals surface area (Å²) < 4.78 is 0. The maximum absolute atomic E-state index is 11.0. The molecule has 1 atom stereocenters. The third kappa shape index (κ3) is 3.99. The smallest absolute Gasteiger partial charge is 0.278 e. The van der Waals surface area contributed by atoms with Crippen molar-refractivity contribution in [3.8, 4) is 0 Å². The zero-order valence-electron chi connectivity index (χ0n) is 11.3. The fourth-order valence-corrected chi connectivity index (χ4v) is 1.87. The molecule has 0 spiro atoms. The molecule has 1 rings (SSSR count). The summed E-state index contributed by atoms with van der Waals surface area (Å²) >= 11 is 0. The third-order valence-corrected chi connectivity index (χ3v) is 2.88. The van der Waals surface area contributed by atoms with E-state index in [1.807, 2.05) is 6.92 Å². The number of primary amides is 1. The molecule has 104 valence electrons. The van der Waals surface area contributed by atoms with Gasteiger partial charge in [-0.2, -0.15) is 0 Å². The predicted octanol–water partition coefficient (Wildman–Crippen LogP) is 0.960. The summed E-state index contributed by atoms with van der Waals surface area (Å²) in [5.74, 6) is -0.389. The molecule has 19 heavy (non-hydrogen) atoms. The third-order valence-electron chi connectivity index (χ3n) is 2.88. The monoisotopic (exact) mass is 266 g/mol. The molecular formula is C12H18N4O3. The molecule has 3 N–H and O–H groups in total. The van der Waals surface area contributed by atoms with Gasteiger partial charge in [0.1, 0.15) is 0 Å². The first-order chi connectivity index (χ1) is 8.82. The molecule has 1 amide bonds. The number of hydrogen-bond acceptors (Lipinski definition) is 5. The van der Waals surface area contributed by atoms with Crippen LogP contribution in [0.5, 0.6) is 0 Å². The van der Waals surface area contributed by atoms with Crippen molar-refractivity contribution in [3.63, 3.8) is 0 Å². The molecule has 0 bridgehead atoms. The number of nitrogens with zero attached hydrogens (tertiary/aromatic N) is 2. The standard InChI is InChI=1S/C12H18N4O3/c1-7-5-15-10(9(3)12(7)16(18)19)6-14-8(2)4-11(13)17/h5,8,14H,4,6H2,1-3H3,(H2,13,17). The quantitative estimate of drug-likeness (QED) is 0.588. The minimum absolute atomic E-state index is 0.0920. The maximum Gasteiger partial charge on any atom is 0.278 e. The molecule has 7 heteroatoms. The van der Waals surface area contributed by atoms with Crippen LogP contribution in [0, 0.1) is 24.0 Å². The van der Waals surface area contributed by atoms with E-state index < -0.39 is 4.92 Å². The number of nitro groups is 1. The van der Waals surface area contributed by atoms with Crippen LogP contribution in [0.4, 0.5) is 5.69 Å². The summed E-state index contributed by atoms with van der Waals surface area (Å²) in [5.41, 5.74) is 6.87. The van der Waals surface area contributed by atoms with Crippen LogP contribution in [0.15, 0.2) is 6.20 Å². The number of carbonyl (C=O) groups is 1. The van der Waals surface area contributed by atoms with Gasteiger partial charge in [-0.05, 0) is 20.8 Å². The number of nitrogens with two attached hydrogens (primary N) is 1. The first-order valence-electron chi connectivity index (χ1n) is 5.94. The lowest BCUT2D eigenvalue weighted by molar-refractivity contribution is -0.386. The van der Waals surface area contributed by atoms with E-state index in [2.05, 4.69) is 10.3 Å². The second-order valence-electron chi connectivity index (χ2n) is 4.57. The van der Waals surface area contributed by atoms with Gasteiger partial charge in [0.15, 0.2) is 0 Å². The highest BCUT2D eigenvalue weighted by molar-refractivity contribution is 5.74. The van der Waals surface area contributed by atoms with Crippen LogP contribution >= 0.6 is 0 Å². The second-order valence-corrected chi connectivity index (χ2v) is 4.57. The maximum atomic E-state index is 11.0. The van der Waals surface area contributed by atoms with Gasteiger partial charge in [-0.3, -0.25) is 19.9 Å². The molecule has 0 saturated carbocycles. The zero-order valence-corrected chi connectivity index (χ0v) is 11.3. The second kappa shape index (κ2) is 6.24. The highest BCUT2D eigenvalue weighted by Gasteiger charge is 2.18. The molecule has 1 heterocycles. The normalized spacial score (nSPS) is 12.2. The Labute approximate surface area is 111 Å². The number of aryl methyl sites for hydroxylation is 1. The molecule has 0 aromatic carbocycles. The van der Waals surface area contributed by atoms with Crippen molar-refractivity contribution in [2.75, 3.05) is 0 Å². The van der Waals surface area contributed by atoms with Crippen LogP contribution < -0.4 is 11.1 Å². The fourth-order valence-electron chi connectivity index (χ4n) is 1.87. The van der Waals surface area contributed by atoms with Crippen molar-refractivity contribution in [2.45, 2.75) is 39.8 Å². The largest absolute Gasteiger partial charge is 0.370 e. The molecule has 1 unspecified atom stereocenters. The summed E-state index contributed by atoms with van der Waals surface area (Å²) in [6.07, 6.45) is 1.70. The topological polar surface area (TPSA) is 111 Å². The Hall–Kier alpha value is -2.02. The Morgan fingerprint density at radius 3 is 2.74 bits per heavy atom. The summed E-state index contributed by atoms with van der Waals surface area (Å²) in [4.78, 5) is 25.5. The van der Waals surface area contributed by atoms with Crippen molar-refractivity contribution in [3.05, 3.63) is 33.1 Å². The number of amides is 1. The lowest BCUT2D eigenvalue weighted by Crippen LogP contribution is -2.31. The van der Waals surface area contributed by atoms with Gasteiger partial charge in [0, 0.05) is 36.3 Å². The number of aromatic nitrogens is 1. The Balaban J connectivity index is 2.83. The Bertz CT molecular complexity index is 502. The van der Waals surface area contributed by atoms with Gasteiger partial charge in [0.2, 0.25) is 5.91 Å². The van der Waals surface area contributed by atoms with Crippen LogP contribution in [0.3, 0.4) is 0 Å². The van der Waals surface area contributed by atoms with Gasteiger partial charge in [0.25, 0.3) is 5.69 Å². The summed E-state index contributed by atoms with van der Waals surface area (Å²) in [7, 11) is 0. The average Bonchev–Trinajstić information content (AvgIpc) is 2.26. The van der Waals surface area contributed by atoms with Gasteiger partial charge in [-0.15, -0.1) is 0 Å². The Morgan fingerprint density at radius 1 is 1.58 bits per heavy atom. The van der Waals surface area contributed by atoms with Crippen molar-refractivity contribution in [1.82, 2.24) is 10.3 Å². The van der Waals surface area contributed by atoms with Crippen molar-refractivity contribution < 1.29 is 9.72 Å². The van der Waals surface area contributed by atoms with E-state index in [1.165, 1.54) is 6.20 Å². The summed E-state index contributed by atoms with van der Waals surface area (Å²) in [6, 6.07) is -0.0981. The first kappa shape index (κ1) is 15.0. The number of pyridine rings is 1. The minimum Gasteiger partial charge on any atom is -0.370 e. The zero-order chi connectivity index (χ0) is 14.6. The molecule has 0 aliphatic carbocycles. The van der Waals surface area contributed by atoms with E-state index in [9.17, 15) is 14.9 Å². The Morgan fingerprint density at radius 2 is 2.21 bits per heavy atom. The lowest BCUT2D eigenvalue weighted by Gasteiger charge is -2.13. The van der Waals surface area contributed by atoms with E-state index in [0.717, 1.165) is 0 Å². The average molecular weight is 266 g/mol. The number of nitrogens with one attached hydrogen (secondary N) is 1. The van der Waals surface area contributed by atoms with Crippen molar-refractivity contribution in [1.29, 1.82) is 0 Å². The lowest BCUT2D eigenvalue weighted by atomic mass is 10.1. The van der Waals surface area contributed by atoms with Crippen molar-refractivity contribution >= 4 is 11.6 Å². The van der Waals surface area contributed by atoms with Crippen LogP contribution in [0.2, 0.25) is 0 Å². The van der Waals surface area contributed by atoms with Gasteiger partial charge in [-0.1, -0.05) is 0 Å². The fraction of sp³-hybridized carbons (Fsp3) is 0.500. The van der Waals surface area contributed by atoms with Gasteiger partial charge < -0.3 is 11.1 Å². The highest BCUT2D eigenvalue weighted by Crippen LogP contribution is 2.23. The van der Waals surface area contributed by atoms with E-state index in [1.54, 1.807) is 13.8 Å². The van der Waals surface area contributed by atoms with E-state index in [-0.39, 0.29) is 24.1 Å². The molecule has 0 radical (unpaired) electrons. The van der Waals surface area contributed by atoms with Crippen molar-refractivity contribution in [2.24, 2.45) is 5.73 Å². The number of hydrogen-bond donors (Lipinski definition) is 2. The number of carbonyl (C=O) groups excluding carboxylic acids is 1. The predicted molar refractivity (Wildman–Crippen MR) is 70.5 cm³/mol. The van der Waals surface area contributed by atoms with Crippen LogP contribution in [0.25, 0.3) is 0 Å². The van der Waals surface area contributed by atoms with Gasteiger partial charge in [0.05, 0.1) is 10.6 Å². The first-order valence-corrected chi connectivity index (χ1v) is 5.94. The molecule has 1 aromatic rings. The highest BCUT2D eigenvalue weighted by atomic mass is 16.6. The number of rotatable bonds is 6. The van der Waals surface area contributed by atoms with E-state index in [4.69, 9.17) is 5.73 Å². The van der Waals surface area contributed by atoms with Crippen LogP contribution in [0.1, 0.15) is 30.2 Å². The molecule has 0 aliphatic rings. The molecule has 7 nitrogen and oxygen atoms in total. The minimum atomic E-state index is -0.400. The van der Waals surface area contributed by atoms with Crippen LogP contribution in [-0.4, -0.2) is 21.9 Å². The molecule has 0 aliphatic heterocycles. The van der Waals surface area contributed by atoms with E-state index in [0.29, 0.717) is 23.4 Å². The Kier molecular flexibility index (Phi) is 4.94. The van der Waals surface area contributed by atoms with Crippen LogP contribution in [-0.2, 0) is 11.3 Å². The van der Waals surface area contributed by atoms with Gasteiger partial charge >= 0.3 is 0 Å². The molecular weight excluding hydrogens is 248 g/mol. The summed E-state index contributed by atoms with van der Waals surface area (Å²) in [6.45, 7) is 5.52. The molecule has 1 aromatic heterocycles. The molecule has 0 saturated heterocycles. The molecule has 0 fully saturated rings. The van der Waals surface area contributed by atoms with E-state index >= 15 is 0 Å².